The molecule has 1 aliphatic heterocycles. The number of urea groups is 1. The van der Waals surface area contributed by atoms with Crippen molar-refractivity contribution >= 4 is 6.03 Å². The van der Waals surface area contributed by atoms with Crippen molar-refractivity contribution < 1.29 is 13.6 Å². The van der Waals surface area contributed by atoms with Crippen LogP contribution in [0.2, 0.25) is 0 Å². The molecule has 4 unspecified atom stereocenters. The molecule has 0 bridgehead atoms. The predicted octanol–water partition coefficient (Wildman–Crippen LogP) is 4.28. The Morgan fingerprint density at radius 3 is 2.50 bits per heavy atom. The molecule has 2 amide bonds. The lowest BCUT2D eigenvalue weighted by Gasteiger charge is -2.47. The molecule has 3 fully saturated rings. The van der Waals surface area contributed by atoms with Crippen molar-refractivity contribution in [2.75, 3.05) is 6.54 Å². The predicted molar refractivity (Wildman–Crippen MR) is 88.0 cm³/mol. The van der Waals surface area contributed by atoms with Crippen molar-refractivity contribution in [1.82, 2.24) is 10.2 Å². The van der Waals surface area contributed by atoms with Crippen LogP contribution in [0, 0.1) is 18.3 Å². The first kappa shape index (κ1) is 15.9. The molecule has 1 saturated heterocycles. The second-order valence-electron chi connectivity index (χ2n) is 8.04. The van der Waals surface area contributed by atoms with Gasteiger partial charge in [0.05, 0.1) is 6.04 Å². The largest absolute Gasteiger partial charge is 0.335 e. The highest BCUT2D eigenvalue weighted by molar-refractivity contribution is 5.76. The minimum absolute atomic E-state index is 0.000883. The molecule has 0 aromatic heterocycles. The molecule has 130 valence electrons. The molecule has 24 heavy (non-hydrogen) atoms. The molecule has 5 heteroatoms. The molecule has 1 spiro atoms. The maximum Gasteiger partial charge on any atom is 0.318 e. The fourth-order valence-electron chi connectivity index (χ4n) is 4.55. The van der Waals surface area contributed by atoms with Crippen molar-refractivity contribution in [2.24, 2.45) is 11.3 Å². The van der Waals surface area contributed by atoms with Crippen molar-refractivity contribution in [3.05, 3.63) is 35.4 Å². The molecule has 2 saturated carbocycles. The van der Waals surface area contributed by atoms with Crippen LogP contribution in [-0.4, -0.2) is 29.4 Å². The number of halogens is 2. The molecule has 1 aromatic rings. The molecule has 4 atom stereocenters. The van der Waals surface area contributed by atoms with E-state index in [1.165, 1.54) is 5.56 Å². The Labute approximate surface area is 141 Å². The number of nitrogens with zero attached hydrogens (tertiary/aromatic N) is 1. The summed E-state index contributed by atoms with van der Waals surface area (Å²) < 4.78 is 27.0. The summed E-state index contributed by atoms with van der Waals surface area (Å²) in [5.41, 5.74) is 1.53. The second kappa shape index (κ2) is 5.17. The van der Waals surface area contributed by atoms with E-state index in [4.69, 9.17) is 0 Å². The number of benzene rings is 1. The lowest BCUT2D eigenvalue weighted by atomic mass is 9.85. The van der Waals surface area contributed by atoms with Crippen molar-refractivity contribution in [3.63, 3.8) is 0 Å². The fraction of sp³-hybridized carbons (Fsp3) is 0.632. The minimum atomic E-state index is -2.51. The Balaban J connectivity index is 1.39. The Morgan fingerprint density at radius 2 is 1.96 bits per heavy atom. The Hall–Kier alpha value is -1.65. The molecule has 1 aromatic carbocycles. The maximum atomic E-state index is 13.5. The summed E-state index contributed by atoms with van der Waals surface area (Å²) in [7, 11) is 0. The molecule has 1 N–H and O–H groups in total. The van der Waals surface area contributed by atoms with Gasteiger partial charge >= 0.3 is 6.03 Å². The van der Waals surface area contributed by atoms with Gasteiger partial charge in [-0.3, -0.25) is 0 Å². The molecule has 4 rings (SSSR count). The first-order valence-electron chi connectivity index (χ1n) is 8.83. The van der Waals surface area contributed by atoms with E-state index in [9.17, 15) is 13.6 Å². The number of carbonyl (C=O) groups is 1. The van der Waals surface area contributed by atoms with Gasteiger partial charge in [0, 0.05) is 24.4 Å². The third kappa shape index (κ3) is 2.40. The fourth-order valence-corrected chi connectivity index (χ4v) is 4.55. The minimum Gasteiger partial charge on any atom is -0.335 e. The number of amides is 2. The van der Waals surface area contributed by atoms with E-state index in [1.54, 1.807) is 0 Å². The van der Waals surface area contributed by atoms with E-state index in [-0.39, 0.29) is 24.5 Å². The highest BCUT2D eigenvalue weighted by Gasteiger charge is 2.72. The van der Waals surface area contributed by atoms with Crippen LogP contribution >= 0.6 is 0 Å². The Kier molecular flexibility index (Phi) is 3.42. The zero-order valence-electron chi connectivity index (χ0n) is 14.2. The summed E-state index contributed by atoms with van der Waals surface area (Å²) in [6.07, 6.45) is 1.62. The second-order valence-corrected chi connectivity index (χ2v) is 8.04. The van der Waals surface area contributed by atoms with Crippen LogP contribution in [0.5, 0.6) is 0 Å². The third-order valence-electron chi connectivity index (χ3n) is 6.19. The van der Waals surface area contributed by atoms with Crippen molar-refractivity contribution in [2.45, 2.75) is 57.5 Å². The number of nitrogens with one attached hydrogen (secondary N) is 1. The number of carbonyl (C=O) groups excluding carboxylic acids is 1. The van der Waals surface area contributed by atoms with E-state index in [2.05, 4.69) is 36.5 Å². The van der Waals surface area contributed by atoms with Gasteiger partial charge in [0.25, 0.3) is 5.92 Å². The Morgan fingerprint density at radius 1 is 1.29 bits per heavy atom. The van der Waals surface area contributed by atoms with Gasteiger partial charge in [-0.2, -0.15) is 0 Å². The van der Waals surface area contributed by atoms with Crippen LogP contribution in [0.3, 0.4) is 0 Å². The summed E-state index contributed by atoms with van der Waals surface area (Å²) in [4.78, 5) is 14.4. The van der Waals surface area contributed by atoms with E-state index < -0.39 is 11.3 Å². The van der Waals surface area contributed by atoms with Gasteiger partial charge in [-0.15, -0.1) is 0 Å². The van der Waals surface area contributed by atoms with Crippen LogP contribution in [-0.2, 0) is 0 Å². The van der Waals surface area contributed by atoms with E-state index in [1.807, 2.05) is 11.8 Å². The quantitative estimate of drug-likeness (QED) is 0.860. The first-order chi connectivity index (χ1) is 11.3. The molecule has 0 radical (unpaired) electrons. The maximum absolute atomic E-state index is 13.5. The normalized spacial score (nSPS) is 36.5. The molecular weight excluding hydrogens is 310 g/mol. The number of hydrogen-bond acceptors (Lipinski definition) is 1. The smallest absolute Gasteiger partial charge is 0.318 e. The van der Waals surface area contributed by atoms with Crippen molar-refractivity contribution in [1.29, 1.82) is 0 Å². The van der Waals surface area contributed by atoms with Crippen molar-refractivity contribution in [3.8, 4) is 0 Å². The van der Waals surface area contributed by atoms with Crippen LogP contribution in [0.1, 0.15) is 49.8 Å². The monoisotopic (exact) mass is 334 g/mol. The van der Waals surface area contributed by atoms with Crippen LogP contribution < -0.4 is 5.32 Å². The summed E-state index contributed by atoms with van der Waals surface area (Å²) in [5, 5.41) is 3.00. The van der Waals surface area contributed by atoms with Gasteiger partial charge in [-0.25, -0.2) is 13.6 Å². The summed E-state index contributed by atoms with van der Waals surface area (Å²) >= 11 is 0. The number of rotatable bonds is 2. The summed E-state index contributed by atoms with van der Waals surface area (Å²) in [5.74, 6) is -2.09. The van der Waals surface area contributed by atoms with Crippen LogP contribution in [0.15, 0.2) is 24.3 Å². The number of hydrogen-bond donors (Lipinski definition) is 1. The van der Waals surface area contributed by atoms with Crippen LogP contribution in [0.4, 0.5) is 13.6 Å². The van der Waals surface area contributed by atoms with E-state index >= 15 is 0 Å². The highest BCUT2D eigenvalue weighted by Crippen LogP contribution is 2.68. The first-order valence-corrected chi connectivity index (χ1v) is 8.83. The topological polar surface area (TPSA) is 32.3 Å². The zero-order valence-corrected chi connectivity index (χ0v) is 14.2. The van der Waals surface area contributed by atoms with Gasteiger partial charge in [-0.05, 0) is 37.7 Å². The average molecular weight is 334 g/mol. The molecular formula is C19H24F2N2O. The van der Waals surface area contributed by atoms with E-state index in [0.717, 1.165) is 12.1 Å². The van der Waals surface area contributed by atoms with Gasteiger partial charge in [0.15, 0.2) is 0 Å². The van der Waals surface area contributed by atoms with Crippen LogP contribution in [0.25, 0.3) is 0 Å². The van der Waals surface area contributed by atoms with Gasteiger partial charge in [0.1, 0.15) is 0 Å². The summed E-state index contributed by atoms with van der Waals surface area (Å²) in [6, 6.07) is 8.14. The number of aryl methyl sites for hydroxylation is 1. The standard InChI is InChI=1S/C19H24F2N2O/c1-12-3-5-14(6-4-12)16-13(2)10-23(16)17(24)22-15-7-8-18(9-15)11-19(18,20)21/h3-6,13,15-16H,7-11H2,1-2H3,(H,22,24). The molecule has 3 aliphatic rings. The Bertz CT molecular complexity index is 660. The SMILES string of the molecule is Cc1ccc(C2C(C)CN2C(=O)NC2CCC3(C2)CC3(F)F)cc1. The number of alkyl halides is 2. The van der Waals surface area contributed by atoms with Gasteiger partial charge < -0.3 is 10.2 Å². The number of likely N-dealkylation sites (tertiary alicyclic amines) is 1. The highest BCUT2D eigenvalue weighted by atomic mass is 19.3. The summed E-state index contributed by atoms with van der Waals surface area (Å²) in [6.45, 7) is 4.91. The molecule has 1 heterocycles. The average Bonchev–Trinajstić information content (AvgIpc) is 2.83. The lowest BCUT2D eigenvalue weighted by Crippen LogP contribution is -2.56. The molecule has 3 nitrogen and oxygen atoms in total. The zero-order chi connectivity index (χ0) is 17.1. The van der Waals surface area contributed by atoms with Gasteiger partial charge in [-0.1, -0.05) is 36.8 Å². The lowest BCUT2D eigenvalue weighted by molar-refractivity contribution is 0.0554. The third-order valence-corrected chi connectivity index (χ3v) is 6.19. The van der Waals surface area contributed by atoms with E-state index in [0.29, 0.717) is 25.2 Å². The van der Waals surface area contributed by atoms with Gasteiger partial charge in [0.2, 0.25) is 0 Å². The molecule has 2 aliphatic carbocycles.